The number of hydrogen-bond donors (Lipinski definition) is 3. The van der Waals surface area contributed by atoms with E-state index in [1.54, 1.807) is 10.8 Å². The molecule has 1 fully saturated rings. The van der Waals surface area contributed by atoms with E-state index in [1.165, 1.54) is 12.4 Å². The number of carbonyl (C=O) groups is 1. The molecule has 7 nitrogen and oxygen atoms in total. The second-order valence-electron chi connectivity index (χ2n) is 8.40. The third-order valence-electron chi connectivity index (χ3n) is 5.84. The predicted molar refractivity (Wildman–Crippen MR) is 124 cm³/mol. The Balaban J connectivity index is 1.53. The molecule has 3 N–H and O–H groups in total. The fraction of sp³-hybridized carbons (Fsp3) is 0.167. The van der Waals surface area contributed by atoms with E-state index < -0.39 is 55.2 Å². The average molecular weight is 518 g/mol. The van der Waals surface area contributed by atoms with Crippen LogP contribution in [-0.4, -0.2) is 30.7 Å². The van der Waals surface area contributed by atoms with E-state index in [1.807, 2.05) is 0 Å². The van der Waals surface area contributed by atoms with Crippen LogP contribution in [0.25, 0.3) is 11.0 Å². The van der Waals surface area contributed by atoms with Gasteiger partial charge in [0.25, 0.3) is 10.0 Å². The molecule has 2 heterocycles. The van der Waals surface area contributed by atoms with Crippen molar-refractivity contribution in [2.24, 2.45) is 5.92 Å². The van der Waals surface area contributed by atoms with Crippen LogP contribution in [0.1, 0.15) is 28.8 Å². The fourth-order valence-corrected chi connectivity index (χ4v) is 4.97. The lowest BCUT2D eigenvalue weighted by Gasteiger charge is -2.13. The topological polar surface area (TPSA) is 104 Å². The van der Waals surface area contributed by atoms with Crippen molar-refractivity contribution in [3.8, 4) is 0 Å². The lowest BCUT2D eigenvalue weighted by Crippen LogP contribution is -2.18. The molecular formula is C24H18F4N4O3S. The third kappa shape index (κ3) is 4.39. The van der Waals surface area contributed by atoms with Crippen LogP contribution in [0.5, 0.6) is 0 Å². The van der Waals surface area contributed by atoms with Crippen molar-refractivity contribution in [2.75, 3.05) is 16.6 Å². The largest absolute Gasteiger partial charge is 0.384 e. The highest BCUT2D eigenvalue weighted by Crippen LogP contribution is 2.33. The highest BCUT2D eigenvalue weighted by molar-refractivity contribution is 7.92. The van der Waals surface area contributed by atoms with Crippen LogP contribution >= 0.6 is 0 Å². The van der Waals surface area contributed by atoms with Gasteiger partial charge in [-0.3, -0.25) is 9.52 Å². The average Bonchev–Trinajstić information content (AvgIpc) is 3.57. The Morgan fingerprint density at radius 2 is 1.78 bits per heavy atom. The Bertz CT molecular complexity index is 1620. The lowest BCUT2D eigenvalue weighted by atomic mass is 10.0. The Kier molecular flexibility index (Phi) is 5.91. The molecule has 4 aromatic rings. The lowest BCUT2D eigenvalue weighted by molar-refractivity contribution is 0.103. The number of H-pyrrole nitrogens is 1. The summed E-state index contributed by atoms with van der Waals surface area (Å²) in [5.41, 5.74) is -1.04. The van der Waals surface area contributed by atoms with Crippen LogP contribution in [0.4, 0.5) is 28.9 Å². The maximum absolute atomic E-state index is 15.4. The van der Waals surface area contributed by atoms with Crippen molar-refractivity contribution in [2.45, 2.75) is 17.7 Å². The zero-order valence-corrected chi connectivity index (χ0v) is 19.2. The van der Waals surface area contributed by atoms with Crippen LogP contribution in [0.3, 0.4) is 0 Å². The van der Waals surface area contributed by atoms with E-state index >= 15 is 4.39 Å². The first-order valence-electron chi connectivity index (χ1n) is 10.9. The van der Waals surface area contributed by atoms with E-state index in [2.05, 4.69) is 15.3 Å². The number of halogens is 4. The van der Waals surface area contributed by atoms with Crippen LogP contribution in [-0.2, 0) is 10.0 Å². The molecule has 0 saturated heterocycles. The summed E-state index contributed by atoms with van der Waals surface area (Å²) >= 11 is 0. The highest BCUT2D eigenvalue weighted by Gasteiger charge is 2.28. The predicted octanol–water partition coefficient (Wildman–Crippen LogP) is 4.97. The van der Waals surface area contributed by atoms with E-state index in [-0.39, 0.29) is 5.56 Å². The summed E-state index contributed by atoms with van der Waals surface area (Å²) in [6.07, 6.45) is 4.95. The van der Waals surface area contributed by atoms with Gasteiger partial charge in [0.05, 0.1) is 22.2 Å². The molecule has 0 spiro atoms. The number of sulfonamides is 1. The number of carbonyl (C=O) groups excluding carboxylic acids is 1. The Labute approximate surface area is 202 Å². The Morgan fingerprint density at radius 3 is 2.53 bits per heavy atom. The van der Waals surface area contributed by atoms with E-state index in [4.69, 9.17) is 0 Å². The molecular weight excluding hydrogens is 500 g/mol. The van der Waals surface area contributed by atoms with Gasteiger partial charge in [-0.05, 0) is 55.2 Å². The Hall–Kier alpha value is -3.93. The van der Waals surface area contributed by atoms with Gasteiger partial charge in [-0.2, -0.15) is 0 Å². The minimum atomic E-state index is -4.81. The standard InChI is InChI=1S/C24H18F4N4O3S/c25-13-3-4-15(26)19(9-13)36(34,35)32-18-6-5-16(27)21(22(18)28)23(33)14-11-31-24-20(14)17(7-8-29-24)30-10-12-1-2-12/h3-9,11-12,32H,1-2,10H2,(H2,29,30,31). The normalized spacial score (nSPS) is 13.7. The van der Waals surface area contributed by atoms with Gasteiger partial charge >= 0.3 is 0 Å². The van der Waals surface area contributed by atoms with Crippen molar-refractivity contribution in [3.05, 3.63) is 83.2 Å². The second kappa shape index (κ2) is 8.94. The SMILES string of the molecule is O=C(c1c(F)ccc(NS(=O)(=O)c2cc(F)ccc2F)c1F)c1c[nH]c2nccc(NCC3CC3)c12. The van der Waals surface area contributed by atoms with Gasteiger partial charge in [0.2, 0.25) is 5.78 Å². The molecule has 0 radical (unpaired) electrons. The number of aromatic nitrogens is 2. The molecule has 12 heteroatoms. The fourth-order valence-electron chi connectivity index (χ4n) is 3.82. The summed E-state index contributed by atoms with van der Waals surface area (Å²) in [4.78, 5) is 19.2. The highest BCUT2D eigenvalue weighted by atomic mass is 32.2. The second-order valence-corrected chi connectivity index (χ2v) is 10.1. The van der Waals surface area contributed by atoms with Crippen molar-refractivity contribution in [1.29, 1.82) is 0 Å². The Morgan fingerprint density at radius 1 is 1.03 bits per heavy atom. The van der Waals surface area contributed by atoms with Gasteiger partial charge < -0.3 is 10.3 Å². The molecule has 36 heavy (non-hydrogen) atoms. The van der Waals surface area contributed by atoms with Gasteiger partial charge in [0.15, 0.2) is 5.82 Å². The van der Waals surface area contributed by atoms with Crippen molar-refractivity contribution >= 4 is 38.2 Å². The maximum Gasteiger partial charge on any atom is 0.265 e. The monoisotopic (exact) mass is 518 g/mol. The van der Waals surface area contributed by atoms with Gasteiger partial charge in [0, 0.05) is 24.6 Å². The molecule has 0 unspecified atom stereocenters. The first kappa shape index (κ1) is 23.8. The summed E-state index contributed by atoms with van der Waals surface area (Å²) in [5.74, 6) is -5.61. The zero-order chi connectivity index (χ0) is 25.6. The number of hydrogen-bond acceptors (Lipinski definition) is 5. The first-order valence-corrected chi connectivity index (χ1v) is 12.3. The van der Waals surface area contributed by atoms with E-state index in [0.717, 1.165) is 18.9 Å². The third-order valence-corrected chi connectivity index (χ3v) is 7.22. The smallest absolute Gasteiger partial charge is 0.265 e. The minimum Gasteiger partial charge on any atom is -0.384 e. The number of ketones is 1. The molecule has 0 atom stereocenters. The van der Waals surface area contributed by atoms with Gasteiger partial charge in [-0.15, -0.1) is 0 Å². The number of pyridine rings is 1. The summed E-state index contributed by atoms with van der Waals surface area (Å²) in [5, 5.41) is 3.55. The molecule has 2 aromatic heterocycles. The molecule has 0 aliphatic heterocycles. The molecule has 186 valence electrons. The van der Waals surface area contributed by atoms with Crippen LogP contribution in [0, 0.1) is 29.2 Å². The van der Waals surface area contributed by atoms with Crippen LogP contribution in [0.2, 0.25) is 0 Å². The molecule has 5 rings (SSSR count). The summed E-state index contributed by atoms with van der Waals surface area (Å²) in [7, 11) is -4.81. The van der Waals surface area contributed by atoms with Crippen molar-refractivity contribution < 1.29 is 30.8 Å². The minimum absolute atomic E-state index is 0.0784. The van der Waals surface area contributed by atoms with Crippen LogP contribution in [0.15, 0.2) is 53.7 Å². The molecule has 1 saturated carbocycles. The maximum atomic E-state index is 15.4. The van der Waals surface area contributed by atoms with Gasteiger partial charge in [-0.1, -0.05) is 0 Å². The van der Waals surface area contributed by atoms with Crippen molar-refractivity contribution in [3.63, 3.8) is 0 Å². The quantitative estimate of drug-likeness (QED) is 0.226. The molecule has 2 aromatic carbocycles. The zero-order valence-electron chi connectivity index (χ0n) is 18.4. The van der Waals surface area contributed by atoms with Gasteiger partial charge in [-0.25, -0.2) is 31.0 Å². The number of fused-ring (bicyclic) bond motifs is 1. The molecule has 0 amide bonds. The number of benzene rings is 2. The van der Waals surface area contributed by atoms with Crippen LogP contribution < -0.4 is 10.0 Å². The number of anilines is 2. The molecule has 1 aliphatic carbocycles. The van der Waals surface area contributed by atoms with E-state index in [9.17, 15) is 26.4 Å². The summed E-state index contributed by atoms with van der Waals surface area (Å²) in [6, 6.07) is 4.82. The number of nitrogens with one attached hydrogen (secondary N) is 3. The molecule has 1 aliphatic rings. The molecule has 0 bridgehead atoms. The number of rotatable bonds is 8. The van der Waals surface area contributed by atoms with E-state index in [0.29, 0.717) is 53.4 Å². The van der Waals surface area contributed by atoms with Crippen molar-refractivity contribution in [1.82, 2.24) is 9.97 Å². The van der Waals surface area contributed by atoms with Gasteiger partial charge in [0.1, 0.15) is 28.0 Å². The number of nitrogens with zero attached hydrogens (tertiary/aromatic N) is 1. The first-order chi connectivity index (χ1) is 17.2. The number of aromatic amines is 1. The summed E-state index contributed by atoms with van der Waals surface area (Å²) in [6.45, 7) is 0.661. The summed E-state index contributed by atoms with van der Waals surface area (Å²) < 4.78 is 84.5.